The Hall–Kier alpha value is -1.39. The van der Waals surface area contributed by atoms with Gasteiger partial charge in [0.05, 0.1) is 0 Å². The van der Waals surface area contributed by atoms with Gasteiger partial charge in [-0.2, -0.15) is 5.10 Å². The van der Waals surface area contributed by atoms with Gasteiger partial charge in [0, 0.05) is 18.9 Å². The molecular weight excluding hydrogens is 228 g/mol. The molecule has 1 aliphatic carbocycles. The monoisotopic (exact) mass is 250 g/mol. The van der Waals surface area contributed by atoms with Crippen LogP contribution in [0.5, 0.6) is 0 Å². The van der Waals surface area contributed by atoms with Crippen molar-refractivity contribution < 1.29 is 4.79 Å². The van der Waals surface area contributed by atoms with Gasteiger partial charge in [0.1, 0.15) is 12.2 Å². The van der Waals surface area contributed by atoms with Crippen LogP contribution in [-0.2, 0) is 11.2 Å². The quantitative estimate of drug-likeness (QED) is 0.856. The fourth-order valence-corrected chi connectivity index (χ4v) is 2.52. The van der Waals surface area contributed by atoms with Crippen molar-refractivity contribution in [3.63, 3.8) is 0 Å². The third-order valence-electron chi connectivity index (χ3n) is 3.60. The maximum atomic E-state index is 12.0. The van der Waals surface area contributed by atoms with Crippen LogP contribution in [0.1, 0.15) is 50.8 Å². The van der Waals surface area contributed by atoms with Gasteiger partial charge in [-0.3, -0.25) is 9.89 Å². The average molecular weight is 250 g/mol. The molecule has 1 amide bonds. The van der Waals surface area contributed by atoms with E-state index in [1.54, 1.807) is 0 Å². The number of nitrogens with zero attached hydrogens (tertiary/aromatic N) is 2. The molecule has 0 aromatic carbocycles. The third-order valence-corrected chi connectivity index (χ3v) is 3.60. The first kappa shape index (κ1) is 13.1. The van der Waals surface area contributed by atoms with Crippen molar-refractivity contribution in [1.82, 2.24) is 20.5 Å². The Morgan fingerprint density at radius 1 is 1.28 bits per heavy atom. The Balaban J connectivity index is 1.69. The Morgan fingerprint density at radius 2 is 2.00 bits per heavy atom. The van der Waals surface area contributed by atoms with Gasteiger partial charge in [0.15, 0.2) is 0 Å². The maximum absolute atomic E-state index is 12.0. The predicted molar refractivity (Wildman–Crippen MR) is 68.9 cm³/mol. The lowest BCUT2D eigenvalue weighted by molar-refractivity contribution is -0.125. The second kappa shape index (κ2) is 7.13. The van der Waals surface area contributed by atoms with E-state index in [0.29, 0.717) is 6.54 Å². The molecule has 1 fully saturated rings. The molecule has 1 aliphatic rings. The van der Waals surface area contributed by atoms with Crippen molar-refractivity contribution in [1.29, 1.82) is 0 Å². The molecular formula is C13H22N4O. The molecule has 0 aliphatic heterocycles. The van der Waals surface area contributed by atoms with Crippen LogP contribution in [-0.4, -0.2) is 27.6 Å². The van der Waals surface area contributed by atoms with Gasteiger partial charge in [-0.15, -0.1) is 0 Å². The summed E-state index contributed by atoms with van der Waals surface area (Å²) in [5.41, 5.74) is 0. The Bertz CT molecular complexity index is 342. The molecule has 2 N–H and O–H groups in total. The lowest BCUT2D eigenvalue weighted by atomic mass is 9.90. The molecule has 0 spiro atoms. The van der Waals surface area contributed by atoms with E-state index in [2.05, 4.69) is 20.5 Å². The van der Waals surface area contributed by atoms with E-state index < -0.39 is 0 Å². The molecule has 1 heterocycles. The van der Waals surface area contributed by atoms with Gasteiger partial charge < -0.3 is 5.32 Å². The Kier molecular flexibility index (Phi) is 5.17. The van der Waals surface area contributed by atoms with Crippen LogP contribution in [0.15, 0.2) is 6.33 Å². The minimum absolute atomic E-state index is 0.219. The molecule has 1 saturated carbocycles. The standard InChI is InChI=1S/C13H22N4O/c18-13(11-6-4-2-1-3-5-7-11)14-9-8-12-15-10-16-17-12/h10-11H,1-9H2,(H,14,18)(H,15,16,17). The summed E-state index contributed by atoms with van der Waals surface area (Å²) in [5, 5.41) is 9.59. The molecule has 0 radical (unpaired) electrons. The molecule has 1 aromatic rings. The van der Waals surface area contributed by atoms with Crippen molar-refractivity contribution in [2.45, 2.75) is 51.4 Å². The van der Waals surface area contributed by atoms with E-state index in [9.17, 15) is 4.79 Å². The number of carbonyl (C=O) groups is 1. The molecule has 18 heavy (non-hydrogen) atoms. The van der Waals surface area contributed by atoms with Crippen LogP contribution in [0.4, 0.5) is 0 Å². The van der Waals surface area contributed by atoms with Crippen LogP contribution in [0.25, 0.3) is 0 Å². The molecule has 2 rings (SSSR count). The molecule has 0 saturated heterocycles. The molecule has 1 aromatic heterocycles. The third kappa shape index (κ3) is 4.13. The summed E-state index contributed by atoms with van der Waals surface area (Å²) in [4.78, 5) is 16.1. The summed E-state index contributed by atoms with van der Waals surface area (Å²) in [7, 11) is 0. The van der Waals surface area contributed by atoms with Crippen molar-refractivity contribution >= 4 is 5.91 Å². The number of carbonyl (C=O) groups excluding carboxylic acids is 1. The molecule has 0 bridgehead atoms. The van der Waals surface area contributed by atoms with Crippen molar-refractivity contribution in [3.05, 3.63) is 12.2 Å². The van der Waals surface area contributed by atoms with Crippen LogP contribution in [0, 0.1) is 5.92 Å². The van der Waals surface area contributed by atoms with E-state index in [4.69, 9.17) is 0 Å². The van der Waals surface area contributed by atoms with Crippen LogP contribution in [0.3, 0.4) is 0 Å². The average Bonchev–Trinajstić information content (AvgIpc) is 2.81. The number of nitrogens with one attached hydrogen (secondary N) is 2. The zero-order chi connectivity index (χ0) is 12.6. The van der Waals surface area contributed by atoms with Crippen molar-refractivity contribution in [3.8, 4) is 0 Å². The first-order valence-electron chi connectivity index (χ1n) is 6.98. The van der Waals surface area contributed by atoms with E-state index >= 15 is 0 Å². The fourth-order valence-electron chi connectivity index (χ4n) is 2.52. The largest absolute Gasteiger partial charge is 0.355 e. The molecule has 5 nitrogen and oxygen atoms in total. The number of hydrogen-bond donors (Lipinski definition) is 2. The summed E-state index contributed by atoms with van der Waals surface area (Å²) in [6.45, 7) is 0.643. The summed E-state index contributed by atoms with van der Waals surface area (Å²) in [6, 6.07) is 0. The number of aromatic amines is 1. The van der Waals surface area contributed by atoms with Crippen molar-refractivity contribution in [2.24, 2.45) is 5.92 Å². The summed E-state index contributed by atoms with van der Waals surface area (Å²) < 4.78 is 0. The fraction of sp³-hybridized carbons (Fsp3) is 0.769. The normalized spacial score (nSPS) is 18.0. The van der Waals surface area contributed by atoms with E-state index in [1.807, 2.05) is 0 Å². The molecule has 0 atom stereocenters. The Labute approximate surface area is 108 Å². The highest BCUT2D eigenvalue weighted by molar-refractivity contribution is 5.78. The number of amides is 1. The van der Waals surface area contributed by atoms with Gasteiger partial charge in [0.25, 0.3) is 0 Å². The van der Waals surface area contributed by atoms with Crippen molar-refractivity contribution in [2.75, 3.05) is 6.54 Å². The minimum Gasteiger partial charge on any atom is -0.355 e. The van der Waals surface area contributed by atoms with Gasteiger partial charge >= 0.3 is 0 Å². The molecule has 100 valence electrons. The van der Waals surface area contributed by atoms with Gasteiger partial charge in [-0.25, -0.2) is 4.98 Å². The smallest absolute Gasteiger partial charge is 0.223 e. The summed E-state index contributed by atoms with van der Waals surface area (Å²) in [5.74, 6) is 1.27. The van der Waals surface area contributed by atoms with Crippen LogP contribution < -0.4 is 5.32 Å². The molecule has 5 heteroatoms. The van der Waals surface area contributed by atoms with Gasteiger partial charge in [-0.1, -0.05) is 32.1 Å². The first-order valence-corrected chi connectivity index (χ1v) is 6.98. The SMILES string of the molecule is O=C(NCCc1ncn[nH]1)C1CCCCCCC1. The number of aromatic nitrogens is 3. The van der Waals surface area contributed by atoms with Gasteiger partial charge in [-0.05, 0) is 12.8 Å². The zero-order valence-corrected chi connectivity index (χ0v) is 10.8. The number of rotatable bonds is 4. The minimum atomic E-state index is 0.219. The van der Waals surface area contributed by atoms with Gasteiger partial charge in [0.2, 0.25) is 5.91 Å². The van der Waals surface area contributed by atoms with Crippen LogP contribution in [0.2, 0.25) is 0 Å². The summed E-state index contributed by atoms with van der Waals surface area (Å²) in [6.07, 6.45) is 10.6. The van der Waals surface area contributed by atoms with Crippen LogP contribution >= 0.6 is 0 Å². The second-order valence-electron chi connectivity index (χ2n) is 5.02. The van der Waals surface area contributed by atoms with E-state index in [0.717, 1.165) is 25.1 Å². The van der Waals surface area contributed by atoms with E-state index in [1.165, 1.54) is 38.4 Å². The topological polar surface area (TPSA) is 70.7 Å². The molecule has 0 unspecified atom stereocenters. The lowest BCUT2D eigenvalue weighted by Gasteiger charge is -2.18. The highest BCUT2D eigenvalue weighted by Gasteiger charge is 2.18. The number of hydrogen-bond acceptors (Lipinski definition) is 3. The predicted octanol–water partition coefficient (Wildman–Crippen LogP) is 1.82. The highest BCUT2D eigenvalue weighted by Crippen LogP contribution is 2.22. The Morgan fingerprint density at radius 3 is 2.67 bits per heavy atom. The second-order valence-corrected chi connectivity index (χ2v) is 5.02. The first-order chi connectivity index (χ1) is 8.86. The lowest BCUT2D eigenvalue weighted by Crippen LogP contribution is -2.32. The van der Waals surface area contributed by atoms with E-state index in [-0.39, 0.29) is 11.8 Å². The number of H-pyrrole nitrogens is 1. The zero-order valence-electron chi connectivity index (χ0n) is 10.8. The highest BCUT2D eigenvalue weighted by atomic mass is 16.1. The maximum Gasteiger partial charge on any atom is 0.223 e. The summed E-state index contributed by atoms with van der Waals surface area (Å²) >= 11 is 0.